The van der Waals surface area contributed by atoms with Gasteiger partial charge in [0.1, 0.15) is 17.4 Å². The third-order valence-electron chi connectivity index (χ3n) is 3.39. The van der Waals surface area contributed by atoms with Crippen molar-refractivity contribution in [2.75, 3.05) is 11.9 Å². The van der Waals surface area contributed by atoms with Crippen molar-refractivity contribution in [1.29, 1.82) is 5.26 Å². The molecule has 1 aromatic rings. The minimum atomic E-state index is -0.872. The SMILES string of the molecule is CCC[C@@](C)(OCC)C(=O)Nc1ccc(OC(C)C)c(C#N)c1. The molecule has 1 amide bonds. The minimum Gasteiger partial charge on any atom is -0.490 e. The number of nitrogens with one attached hydrogen (secondary N) is 1. The van der Waals surface area contributed by atoms with Crippen molar-refractivity contribution in [3.05, 3.63) is 23.8 Å². The van der Waals surface area contributed by atoms with E-state index in [0.717, 1.165) is 6.42 Å². The Hall–Kier alpha value is -2.06. The molecule has 0 radical (unpaired) electrons. The van der Waals surface area contributed by atoms with E-state index in [1.807, 2.05) is 27.7 Å². The van der Waals surface area contributed by atoms with Crippen LogP contribution >= 0.6 is 0 Å². The molecule has 0 aliphatic heterocycles. The van der Waals surface area contributed by atoms with Gasteiger partial charge in [-0.15, -0.1) is 0 Å². The Balaban J connectivity index is 2.96. The zero-order chi connectivity index (χ0) is 17.5. The van der Waals surface area contributed by atoms with Gasteiger partial charge in [-0.3, -0.25) is 4.79 Å². The van der Waals surface area contributed by atoms with E-state index in [4.69, 9.17) is 9.47 Å². The van der Waals surface area contributed by atoms with Crippen LogP contribution in [0.5, 0.6) is 5.75 Å². The first-order chi connectivity index (χ1) is 10.9. The van der Waals surface area contributed by atoms with Crippen molar-refractivity contribution in [3.63, 3.8) is 0 Å². The molecule has 0 heterocycles. The molecule has 5 heteroatoms. The summed E-state index contributed by atoms with van der Waals surface area (Å²) >= 11 is 0. The van der Waals surface area contributed by atoms with Crippen molar-refractivity contribution in [3.8, 4) is 11.8 Å². The molecule has 0 bridgehead atoms. The van der Waals surface area contributed by atoms with Gasteiger partial charge in [-0.25, -0.2) is 0 Å². The monoisotopic (exact) mass is 318 g/mol. The molecule has 1 N–H and O–H groups in total. The summed E-state index contributed by atoms with van der Waals surface area (Å²) in [7, 11) is 0. The summed E-state index contributed by atoms with van der Waals surface area (Å²) < 4.78 is 11.2. The van der Waals surface area contributed by atoms with Crippen LogP contribution in [0.4, 0.5) is 5.69 Å². The fraction of sp³-hybridized carbons (Fsp3) is 0.556. The average molecular weight is 318 g/mol. The molecular weight excluding hydrogens is 292 g/mol. The largest absolute Gasteiger partial charge is 0.490 e. The smallest absolute Gasteiger partial charge is 0.256 e. The van der Waals surface area contributed by atoms with Gasteiger partial charge in [-0.05, 0) is 52.3 Å². The molecule has 0 unspecified atom stereocenters. The van der Waals surface area contributed by atoms with Crippen molar-refractivity contribution >= 4 is 11.6 Å². The lowest BCUT2D eigenvalue weighted by Crippen LogP contribution is -2.42. The van der Waals surface area contributed by atoms with Gasteiger partial charge in [0.25, 0.3) is 5.91 Å². The van der Waals surface area contributed by atoms with Crippen LogP contribution < -0.4 is 10.1 Å². The Bertz CT molecular complexity index is 570. The highest BCUT2D eigenvalue weighted by atomic mass is 16.5. The molecule has 0 aliphatic rings. The maximum absolute atomic E-state index is 12.5. The van der Waals surface area contributed by atoms with Crippen molar-refractivity contribution in [2.45, 2.75) is 59.2 Å². The summed E-state index contributed by atoms with van der Waals surface area (Å²) in [5.41, 5.74) is 0.0819. The summed E-state index contributed by atoms with van der Waals surface area (Å²) in [5.74, 6) is 0.309. The summed E-state index contributed by atoms with van der Waals surface area (Å²) in [6.45, 7) is 9.93. The number of nitriles is 1. The number of hydrogen-bond donors (Lipinski definition) is 1. The number of amides is 1. The predicted molar refractivity (Wildman–Crippen MR) is 90.5 cm³/mol. The fourth-order valence-corrected chi connectivity index (χ4v) is 2.36. The lowest BCUT2D eigenvalue weighted by molar-refractivity contribution is -0.139. The van der Waals surface area contributed by atoms with Crippen molar-refractivity contribution in [2.24, 2.45) is 0 Å². The molecule has 0 aliphatic carbocycles. The molecule has 0 fully saturated rings. The predicted octanol–water partition coefficient (Wildman–Crippen LogP) is 3.88. The quantitative estimate of drug-likeness (QED) is 0.789. The number of carbonyl (C=O) groups is 1. The van der Waals surface area contributed by atoms with Gasteiger partial charge in [-0.2, -0.15) is 5.26 Å². The molecule has 5 nitrogen and oxygen atoms in total. The molecule has 1 atom stereocenters. The number of nitrogens with zero attached hydrogens (tertiary/aromatic N) is 1. The van der Waals surface area contributed by atoms with E-state index < -0.39 is 5.60 Å². The van der Waals surface area contributed by atoms with Crippen LogP contribution in [0.25, 0.3) is 0 Å². The summed E-state index contributed by atoms with van der Waals surface area (Å²) in [6.07, 6.45) is 1.45. The van der Waals surface area contributed by atoms with Crippen LogP contribution in [0, 0.1) is 11.3 Å². The van der Waals surface area contributed by atoms with E-state index in [0.29, 0.717) is 30.0 Å². The van der Waals surface area contributed by atoms with Crippen LogP contribution in [-0.4, -0.2) is 24.2 Å². The number of hydrogen-bond acceptors (Lipinski definition) is 4. The van der Waals surface area contributed by atoms with Crippen LogP contribution in [0.2, 0.25) is 0 Å². The first kappa shape index (κ1) is 19.0. The van der Waals surface area contributed by atoms with E-state index >= 15 is 0 Å². The van der Waals surface area contributed by atoms with Crippen molar-refractivity contribution in [1.82, 2.24) is 0 Å². The molecular formula is C18H26N2O3. The zero-order valence-electron chi connectivity index (χ0n) is 14.6. The third kappa shape index (κ3) is 5.26. The highest BCUT2D eigenvalue weighted by molar-refractivity contribution is 5.97. The molecule has 1 rings (SSSR count). The zero-order valence-corrected chi connectivity index (χ0v) is 14.6. The molecule has 0 saturated heterocycles. The average Bonchev–Trinajstić information content (AvgIpc) is 2.48. The van der Waals surface area contributed by atoms with Gasteiger partial charge >= 0.3 is 0 Å². The van der Waals surface area contributed by atoms with E-state index in [-0.39, 0.29) is 12.0 Å². The third-order valence-corrected chi connectivity index (χ3v) is 3.39. The van der Waals surface area contributed by atoms with Crippen molar-refractivity contribution < 1.29 is 14.3 Å². The van der Waals surface area contributed by atoms with Gasteiger partial charge in [0.15, 0.2) is 0 Å². The molecule has 0 aromatic heterocycles. The van der Waals surface area contributed by atoms with Gasteiger partial charge < -0.3 is 14.8 Å². The number of carbonyl (C=O) groups excluding carboxylic acids is 1. The van der Waals surface area contributed by atoms with Crippen LogP contribution in [-0.2, 0) is 9.53 Å². The Morgan fingerprint density at radius 1 is 1.39 bits per heavy atom. The Kier molecular flexibility index (Phi) is 7.05. The highest BCUT2D eigenvalue weighted by Crippen LogP contribution is 2.25. The van der Waals surface area contributed by atoms with Gasteiger partial charge in [0.2, 0.25) is 0 Å². The second-order valence-electron chi connectivity index (χ2n) is 5.86. The summed E-state index contributed by atoms with van der Waals surface area (Å²) in [4.78, 5) is 12.5. The fourth-order valence-electron chi connectivity index (χ4n) is 2.36. The lowest BCUT2D eigenvalue weighted by Gasteiger charge is -2.28. The summed E-state index contributed by atoms with van der Waals surface area (Å²) in [6, 6.07) is 7.15. The minimum absolute atomic E-state index is 0.0201. The standard InChI is InChI=1S/C18H26N2O3/c1-6-10-18(5,22-7-2)17(21)20-15-8-9-16(23-13(3)4)14(11-15)12-19/h8-9,11,13H,6-7,10H2,1-5H3,(H,20,21)/t18-/m1/s1. The van der Waals surface area contributed by atoms with Gasteiger partial charge in [0.05, 0.1) is 11.7 Å². The van der Waals surface area contributed by atoms with E-state index in [1.54, 1.807) is 25.1 Å². The first-order valence-corrected chi connectivity index (χ1v) is 8.02. The lowest BCUT2D eigenvalue weighted by atomic mass is 9.99. The number of benzene rings is 1. The normalized spacial score (nSPS) is 13.3. The maximum atomic E-state index is 12.5. The molecule has 1 aromatic carbocycles. The van der Waals surface area contributed by atoms with E-state index in [9.17, 15) is 10.1 Å². The molecule has 0 saturated carbocycles. The molecule has 126 valence electrons. The van der Waals surface area contributed by atoms with Gasteiger partial charge in [0, 0.05) is 12.3 Å². The van der Waals surface area contributed by atoms with E-state index in [1.165, 1.54) is 0 Å². The Labute approximate surface area is 138 Å². The summed E-state index contributed by atoms with van der Waals surface area (Å²) in [5, 5.41) is 12.1. The Morgan fingerprint density at radius 3 is 2.61 bits per heavy atom. The Morgan fingerprint density at radius 2 is 2.09 bits per heavy atom. The van der Waals surface area contributed by atoms with Crippen LogP contribution in [0.15, 0.2) is 18.2 Å². The van der Waals surface area contributed by atoms with Gasteiger partial charge in [-0.1, -0.05) is 13.3 Å². The maximum Gasteiger partial charge on any atom is 0.256 e. The van der Waals surface area contributed by atoms with Crippen LogP contribution in [0.1, 0.15) is 53.0 Å². The van der Waals surface area contributed by atoms with Crippen LogP contribution in [0.3, 0.4) is 0 Å². The second kappa shape index (κ2) is 8.54. The number of ether oxygens (including phenoxy) is 2. The highest BCUT2D eigenvalue weighted by Gasteiger charge is 2.33. The first-order valence-electron chi connectivity index (χ1n) is 8.02. The topological polar surface area (TPSA) is 71.3 Å². The number of rotatable bonds is 8. The van der Waals surface area contributed by atoms with E-state index in [2.05, 4.69) is 11.4 Å². The second-order valence-corrected chi connectivity index (χ2v) is 5.86. The molecule has 23 heavy (non-hydrogen) atoms. The molecule has 0 spiro atoms. The number of anilines is 1.